The molecule has 4 heteroatoms. The summed E-state index contributed by atoms with van der Waals surface area (Å²) >= 11 is 0. The van der Waals surface area contributed by atoms with Crippen LogP contribution in [-0.2, 0) is 4.74 Å². The Morgan fingerprint density at radius 3 is 2.38 bits per heavy atom. The van der Waals surface area contributed by atoms with Crippen molar-refractivity contribution >= 4 is 5.84 Å². The minimum absolute atomic E-state index is 0.288. The van der Waals surface area contributed by atoms with Crippen LogP contribution in [0.4, 0.5) is 0 Å². The van der Waals surface area contributed by atoms with Gasteiger partial charge < -0.3 is 10.5 Å². The monoisotopic (exact) mass is 229 g/mol. The van der Waals surface area contributed by atoms with E-state index in [1.54, 1.807) is 7.11 Å². The van der Waals surface area contributed by atoms with Gasteiger partial charge in [-0.1, -0.05) is 13.8 Å². The molecule has 0 aliphatic carbocycles. The van der Waals surface area contributed by atoms with Crippen LogP contribution in [0.15, 0.2) is 0 Å². The summed E-state index contributed by atoms with van der Waals surface area (Å²) in [7, 11) is 1.74. The molecule has 3 N–H and O–H groups in total. The molecule has 0 radical (unpaired) electrons. The van der Waals surface area contributed by atoms with Gasteiger partial charge in [0.25, 0.3) is 0 Å². The largest absolute Gasteiger partial charge is 0.388 e. The lowest BCUT2D eigenvalue weighted by Gasteiger charge is -2.30. The predicted molar refractivity (Wildman–Crippen MR) is 69.0 cm³/mol. The summed E-state index contributed by atoms with van der Waals surface area (Å²) in [5.41, 5.74) is 5.36. The molecule has 0 aliphatic heterocycles. The summed E-state index contributed by atoms with van der Waals surface area (Å²) in [6, 6.07) is 0.627. The van der Waals surface area contributed by atoms with E-state index in [9.17, 15) is 0 Å². The first-order chi connectivity index (χ1) is 7.65. The number of nitrogens with one attached hydrogen (secondary N) is 1. The summed E-state index contributed by atoms with van der Waals surface area (Å²) in [6.07, 6.45) is 4.00. The van der Waals surface area contributed by atoms with Gasteiger partial charge in [0.15, 0.2) is 0 Å². The Kier molecular flexibility index (Phi) is 9.24. The van der Waals surface area contributed by atoms with Gasteiger partial charge in [-0.05, 0) is 25.8 Å². The van der Waals surface area contributed by atoms with Crippen molar-refractivity contribution in [1.29, 1.82) is 5.41 Å². The fourth-order valence-electron chi connectivity index (χ4n) is 1.96. The Hall–Kier alpha value is -0.610. The van der Waals surface area contributed by atoms with Crippen LogP contribution < -0.4 is 5.73 Å². The molecule has 0 spiro atoms. The second-order valence-electron chi connectivity index (χ2n) is 4.13. The maximum absolute atomic E-state index is 7.21. The molecule has 0 heterocycles. The van der Waals surface area contributed by atoms with Crippen molar-refractivity contribution in [3.63, 3.8) is 0 Å². The van der Waals surface area contributed by atoms with Gasteiger partial charge in [-0.15, -0.1) is 0 Å². The quantitative estimate of drug-likeness (QED) is 0.444. The average Bonchev–Trinajstić information content (AvgIpc) is 2.26. The highest BCUT2D eigenvalue weighted by Gasteiger charge is 2.14. The fraction of sp³-hybridized carbons (Fsp3) is 0.917. The van der Waals surface area contributed by atoms with Crippen molar-refractivity contribution < 1.29 is 4.74 Å². The third-order valence-corrected chi connectivity index (χ3v) is 2.93. The summed E-state index contributed by atoms with van der Waals surface area (Å²) in [5.74, 6) is 0.288. The first-order valence-electron chi connectivity index (χ1n) is 6.21. The molecule has 0 bridgehead atoms. The number of methoxy groups -OCH3 is 1. The number of amidine groups is 1. The maximum Gasteiger partial charge on any atom is 0.0905 e. The van der Waals surface area contributed by atoms with Crippen molar-refractivity contribution in [2.24, 2.45) is 5.73 Å². The molecule has 0 unspecified atom stereocenters. The van der Waals surface area contributed by atoms with Crippen LogP contribution in [0.3, 0.4) is 0 Å². The molecule has 0 atom stereocenters. The molecular formula is C12H27N3O. The van der Waals surface area contributed by atoms with Gasteiger partial charge in [-0.3, -0.25) is 10.3 Å². The molecule has 0 saturated carbocycles. The van der Waals surface area contributed by atoms with Crippen LogP contribution in [0.2, 0.25) is 0 Å². The van der Waals surface area contributed by atoms with Crippen LogP contribution in [0.5, 0.6) is 0 Å². The van der Waals surface area contributed by atoms with Crippen molar-refractivity contribution in [2.45, 2.75) is 45.6 Å². The first kappa shape index (κ1) is 15.4. The van der Waals surface area contributed by atoms with E-state index in [-0.39, 0.29) is 5.84 Å². The van der Waals surface area contributed by atoms with E-state index in [1.165, 1.54) is 12.8 Å². The lowest BCUT2D eigenvalue weighted by atomic mass is 10.1. The second kappa shape index (κ2) is 9.60. The van der Waals surface area contributed by atoms with Crippen LogP contribution in [0, 0.1) is 5.41 Å². The lowest BCUT2D eigenvalue weighted by Crippen LogP contribution is -2.38. The molecule has 0 aromatic carbocycles. The SMILES string of the molecule is CCC(CC)N(CCCC(=N)N)CCOC. The van der Waals surface area contributed by atoms with Gasteiger partial charge in [0.2, 0.25) is 0 Å². The normalized spacial score (nSPS) is 11.3. The average molecular weight is 229 g/mol. The molecule has 0 aromatic rings. The molecule has 0 saturated heterocycles. The van der Waals surface area contributed by atoms with E-state index < -0.39 is 0 Å². The molecule has 0 amide bonds. The molecule has 0 aromatic heterocycles. The minimum atomic E-state index is 0.288. The first-order valence-corrected chi connectivity index (χ1v) is 6.21. The van der Waals surface area contributed by atoms with E-state index in [2.05, 4.69) is 18.7 Å². The van der Waals surface area contributed by atoms with Gasteiger partial charge in [0.1, 0.15) is 0 Å². The van der Waals surface area contributed by atoms with E-state index in [0.717, 1.165) is 26.1 Å². The zero-order chi connectivity index (χ0) is 12.4. The van der Waals surface area contributed by atoms with Crippen molar-refractivity contribution in [2.75, 3.05) is 26.8 Å². The Bertz CT molecular complexity index is 181. The molecule has 0 aliphatic rings. The number of hydrogen-bond donors (Lipinski definition) is 2. The molecule has 16 heavy (non-hydrogen) atoms. The Morgan fingerprint density at radius 2 is 1.94 bits per heavy atom. The standard InChI is InChI=1S/C12H27N3O/c1-4-11(5-2)15(9-10-16-3)8-6-7-12(13)14/h11H,4-10H2,1-3H3,(H3,13,14). The van der Waals surface area contributed by atoms with E-state index in [4.69, 9.17) is 15.9 Å². The molecule has 96 valence electrons. The number of ether oxygens (including phenoxy) is 1. The zero-order valence-electron chi connectivity index (χ0n) is 11.0. The third kappa shape index (κ3) is 6.80. The number of hydrogen-bond acceptors (Lipinski definition) is 3. The van der Waals surface area contributed by atoms with Crippen LogP contribution in [-0.4, -0.2) is 43.6 Å². The van der Waals surface area contributed by atoms with Gasteiger partial charge in [0.05, 0.1) is 12.4 Å². The van der Waals surface area contributed by atoms with Gasteiger partial charge in [-0.2, -0.15) is 0 Å². The van der Waals surface area contributed by atoms with Crippen LogP contribution in [0.25, 0.3) is 0 Å². The highest BCUT2D eigenvalue weighted by molar-refractivity contribution is 5.76. The van der Waals surface area contributed by atoms with E-state index in [0.29, 0.717) is 12.5 Å². The third-order valence-electron chi connectivity index (χ3n) is 2.93. The minimum Gasteiger partial charge on any atom is -0.388 e. The highest BCUT2D eigenvalue weighted by atomic mass is 16.5. The Morgan fingerprint density at radius 1 is 1.31 bits per heavy atom. The number of nitrogens with zero attached hydrogens (tertiary/aromatic N) is 1. The predicted octanol–water partition coefficient (Wildman–Crippen LogP) is 1.84. The highest BCUT2D eigenvalue weighted by Crippen LogP contribution is 2.09. The van der Waals surface area contributed by atoms with Crippen molar-refractivity contribution in [1.82, 2.24) is 4.90 Å². The topological polar surface area (TPSA) is 62.3 Å². The smallest absolute Gasteiger partial charge is 0.0905 e. The van der Waals surface area contributed by atoms with Gasteiger partial charge >= 0.3 is 0 Å². The molecular weight excluding hydrogens is 202 g/mol. The van der Waals surface area contributed by atoms with Gasteiger partial charge in [-0.25, -0.2) is 0 Å². The van der Waals surface area contributed by atoms with E-state index in [1.807, 2.05) is 0 Å². The summed E-state index contributed by atoms with van der Waals surface area (Å²) in [4.78, 5) is 2.45. The number of rotatable bonds is 10. The molecule has 0 rings (SSSR count). The maximum atomic E-state index is 7.21. The lowest BCUT2D eigenvalue weighted by molar-refractivity contribution is 0.115. The Labute approximate surface area is 99.7 Å². The number of nitrogens with two attached hydrogens (primary N) is 1. The van der Waals surface area contributed by atoms with E-state index >= 15 is 0 Å². The van der Waals surface area contributed by atoms with Crippen molar-refractivity contribution in [3.05, 3.63) is 0 Å². The molecule has 4 nitrogen and oxygen atoms in total. The summed E-state index contributed by atoms with van der Waals surface area (Å²) < 4.78 is 5.13. The Balaban J connectivity index is 4.02. The van der Waals surface area contributed by atoms with Crippen LogP contribution >= 0.6 is 0 Å². The zero-order valence-corrected chi connectivity index (χ0v) is 11.0. The molecule has 0 fully saturated rings. The summed E-state index contributed by atoms with van der Waals surface area (Å²) in [6.45, 7) is 7.20. The van der Waals surface area contributed by atoms with Crippen LogP contribution in [0.1, 0.15) is 39.5 Å². The second-order valence-corrected chi connectivity index (χ2v) is 4.13. The summed E-state index contributed by atoms with van der Waals surface area (Å²) in [5, 5.41) is 7.21. The van der Waals surface area contributed by atoms with Gasteiger partial charge in [0, 0.05) is 26.1 Å². The van der Waals surface area contributed by atoms with Crippen molar-refractivity contribution in [3.8, 4) is 0 Å². The fourth-order valence-corrected chi connectivity index (χ4v) is 1.96.